The van der Waals surface area contributed by atoms with Gasteiger partial charge in [0.25, 0.3) is 0 Å². The average Bonchev–Trinajstić information content (AvgIpc) is 3.55. The summed E-state index contributed by atoms with van der Waals surface area (Å²) >= 11 is 0. The SMILES string of the molecule is CN(C)c1ccc(C#CC(C#Cc2ccc(N(C)C)cc2)=C2C(c3ccccc3)=C(c3ccccc3)C(c3ccccc3)=C2c2ccccc2)cc1. The summed E-state index contributed by atoms with van der Waals surface area (Å²) in [7, 11) is 8.20. The molecule has 0 bridgehead atoms. The van der Waals surface area contributed by atoms with Crippen molar-refractivity contribution in [3.05, 3.63) is 214 Å². The molecule has 0 aliphatic heterocycles. The molecule has 2 heteroatoms. The second-order valence-corrected chi connectivity index (χ2v) is 13.1. The van der Waals surface area contributed by atoms with E-state index in [1.54, 1.807) is 0 Å². The Balaban J connectivity index is 1.61. The van der Waals surface area contributed by atoms with E-state index in [9.17, 15) is 0 Å². The lowest BCUT2D eigenvalue weighted by Crippen LogP contribution is -2.07. The number of rotatable bonds is 6. The fraction of sp³-hybridized carbons (Fsp3) is 0.0800. The quantitative estimate of drug-likeness (QED) is 0.163. The van der Waals surface area contributed by atoms with E-state index in [4.69, 9.17) is 0 Å². The van der Waals surface area contributed by atoms with Gasteiger partial charge in [0.15, 0.2) is 0 Å². The first-order valence-electron chi connectivity index (χ1n) is 17.5. The average molecular weight is 669 g/mol. The molecule has 6 aromatic carbocycles. The van der Waals surface area contributed by atoms with Crippen molar-refractivity contribution in [3.63, 3.8) is 0 Å². The molecule has 0 radical (unpaired) electrons. The van der Waals surface area contributed by atoms with Crippen LogP contribution in [0.5, 0.6) is 0 Å². The minimum atomic E-state index is 0.769. The molecule has 0 heterocycles. The monoisotopic (exact) mass is 668 g/mol. The molecule has 0 aromatic heterocycles. The molecular formula is C50H40N2. The molecule has 6 aromatic rings. The van der Waals surface area contributed by atoms with Crippen LogP contribution in [0.4, 0.5) is 11.4 Å². The minimum Gasteiger partial charge on any atom is -0.378 e. The number of nitrogens with zero attached hydrogens (tertiary/aromatic N) is 2. The summed E-state index contributed by atoms with van der Waals surface area (Å²) in [5, 5.41) is 0. The van der Waals surface area contributed by atoms with Crippen molar-refractivity contribution < 1.29 is 0 Å². The summed E-state index contributed by atoms with van der Waals surface area (Å²) in [5.74, 6) is 14.3. The van der Waals surface area contributed by atoms with Crippen LogP contribution < -0.4 is 9.80 Å². The van der Waals surface area contributed by atoms with Crippen molar-refractivity contribution in [1.29, 1.82) is 0 Å². The molecule has 1 aliphatic carbocycles. The Hall–Kier alpha value is -6.74. The Labute approximate surface area is 308 Å². The fourth-order valence-electron chi connectivity index (χ4n) is 6.56. The maximum Gasteiger partial charge on any atom is 0.0836 e. The standard InChI is InChI=1S/C50H40N2/c1-51(2)44-33-27-37(28-34-44)25-31-43(32-26-38-29-35-45(36-30-38)52(3)4)50-48(41-21-13-7-14-22-41)46(39-17-9-5-10-18-39)47(40-19-11-6-12-20-40)49(50)42-23-15-8-16-24-42/h5-24,27-30,33-36H,1-4H3. The molecule has 0 saturated heterocycles. The van der Waals surface area contributed by atoms with E-state index < -0.39 is 0 Å². The highest BCUT2D eigenvalue weighted by Gasteiger charge is 2.34. The Morgan fingerprint density at radius 1 is 0.346 bits per heavy atom. The zero-order valence-electron chi connectivity index (χ0n) is 30.1. The first-order valence-corrected chi connectivity index (χ1v) is 17.5. The predicted octanol–water partition coefficient (Wildman–Crippen LogP) is 10.8. The minimum absolute atomic E-state index is 0.769. The van der Waals surface area contributed by atoms with Gasteiger partial charge in [-0.3, -0.25) is 0 Å². The number of allylic oxidation sites excluding steroid dienone is 6. The molecule has 250 valence electrons. The lowest BCUT2D eigenvalue weighted by atomic mass is 9.87. The molecule has 0 N–H and O–H groups in total. The normalized spacial score (nSPS) is 12.1. The number of anilines is 2. The van der Waals surface area contributed by atoms with Crippen molar-refractivity contribution in [3.8, 4) is 23.7 Å². The Kier molecular flexibility index (Phi) is 10.0. The Bertz CT molecular complexity index is 2220. The second kappa shape index (κ2) is 15.4. The van der Waals surface area contributed by atoms with Crippen LogP contribution in [-0.4, -0.2) is 28.2 Å². The molecule has 2 nitrogen and oxygen atoms in total. The number of hydrogen-bond donors (Lipinski definition) is 0. The van der Waals surface area contributed by atoms with Crippen LogP contribution in [0, 0.1) is 23.7 Å². The smallest absolute Gasteiger partial charge is 0.0836 e. The predicted molar refractivity (Wildman–Crippen MR) is 222 cm³/mol. The third-order valence-electron chi connectivity index (χ3n) is 9.18. The van der Waals surface area contributed by atoms with Crippen LogP contribution in [-0.2, 0) is 0 Å². The maximum absolute atomic E-state index is 3.64. The van der Waals surface area contributed by atoms with E-state index in [0.29, 0.717) is 0 Å². The molecule has 0 amide bonds. The molecule has 52 heavy (non-hydrogen) atoms. The first kappa shape index (κ1) is 33.7. The molecule has 0 fully saturated rings. The van der Waals surface area contributed by atoms with Gasteiger partial charge in [-0.15, -0.1) is 0 Å². The second-order valence-electron chi connectivity index (χ2n) is 13.1. The van der Waals surface area contributed by atoms with E-state index in [-0.39, 0.29) is 0 Å². The lowest BCUT2D eigenvalue weighted by molar-refractivity contribution is 1.13. The summed E-state index contributed by atoms with van der Waals surface area (Å²) in [5.41, 5.74) is 15.0. The van der Waals surface area contributed by atoms with E-state index >= 15 is 0 Å². The molecule has 0 spiro atoms. The van der Waals surface area contributed by atoms with Crippen LogP contribution >= 0.6 is 0 Å². The van der Waals surface area contributed by atoms with Crippen molar-refractivity contribution in [2.75, 3.05) is 38.0 Å². The zero-order chi connectivity index (χ0) is 35.9. The molecule has 7 rings (SSSR count). The summed E-state index contributed by atoms with van der Waals surface area (Å²) in [6, 6.07) is 59.6. The van der Waals surface area contributed by atoms with Crippen molar-refractivity contribution >= 4 is 33.7 Å². The highest BCUT2D eigenvalue weighted by molar-refractivity contribution is 6.35. The van der Waals surface area contributed by atoms with Crippen LogP contribution in [0.15, 0.2) is 181 Å². The van der Waals surface area contributed by atoms with Gasteiger partial charge in [-0.05, 0) is 93.1 Å². The van der Waals surface area contributed by atoms with Gasteiger partial charge in [0.1, 0.15) is 0 Å². The summed E-state index contributed by atoms with van der Waals surface area (Å²) in [4.78, 5) is 4.19. The van der Waals surface area contributed by atoms with E-state index in [2.05, 4.69) is 203 Å². The highest BCUT2D eigenvalue weighted by atomic mass is 15.1. The van der Waals surface area contributed by atoms with Gasteiger partial charge in [0.2, 0.25) is 0 Å². The van der Waals surface area contributed by atoms with Crippen molar-refractivity contribution in [1.82, 2.24) is 0 Å². The van der Waals surface area contributed by atoms with Crippen LogP contribution in [0.25, 0.3) is 22.3 Å². The molecular weight excluding hydrogens is 629 g/mol. The van der Waals surface area contributed by atoms with Gasteiger partial charge >= 0.3 is 0 Å². The van der Waals surface area contributed by atoms with Gasteiger partial charge in [-0.1, -0.05) is 145 Å². The van der Waals surface area contributed by atoms with Gasteiger partial charge in [0.05, 0.1) is 5.57 Å². The molecule has 0 atom stereocenters. The van der Waals surface area contributed by atoms with E-state index in [0.717, 1.165) is 67.0 Å². The van der Waals surface area contributed by atoms with Crippen LogP contribution in [0.3, 0.4) is 0 Å². The largest absolute Gasteiger partial charge is 0.378 e. The third kappa shape index (κ3) is 7.25. The lowest BCUT2D eigenvalue weighted by Gasteiger charge is -2.14. The van der Waals surface area contributed by atoms with Crippen molar-refractivity contribution in [2.45, 2.75) is 0 Å². The van der Waals surface area contributed by atoms with Crippen LogP contribution in [0.2, 0.25) is 0 Å². The van der Waals surface area contributed by atoms with E-state index in [1.807, 2.05) is 28.2 Å². The third-order valence-corrected chi connectivity index (χ3v) is 9.18. The molecule has 0 saturated carbocycles. The van der Waals surface area contributed by atoms with E-state index in [1.165, 1.54) is 11.1 Å². The van der Waals surface area contributed by atoms with Gasteiger partial charge in [-0.25, -0.2) is 0 Å². The van der Waals surface area contributed by atoms with Gasteiger partial charge in [-0.2, -0.15) is 0 Å². The summed E-state index contributed by atoms with van der Waals surface area (Å²) < 4.78 is 0. The fourth-order valence-corrected chi connectivity index (χ4v) is 6.56. The summed E-state index contributed by atoms with van der Waals surface area (Å²) in [6.07, 6.45) is 0. The first-order chi connectivity index (χ1) is 25.5. The number of benzene rings is 6. The summed E-state index contributed by atoms with van der Waals surface area (Å²) in [6.45, 7) is 0. The van der Waals surface area contributed by atoms with Gasteiger partial charge < -0.3 is 9.80 Å². The number of hydrogen-bond acceptors (Lipinski definition) is 2. The van der Waals surface area contributed by atoms with Gasteiger partial charge in [0, 0.05) is 56.3 Å². The van der Waals surface area contributed by atoms with Crippen LogP contribution in [0.1, 0.15) is 33.4 Å². The maximum atomic E-state index is 3.64. The molecule has 0 unspecified atom stereocenters. The zero-order valence-corrected chi connectivity index (χ0v) is 30.1. The molecule has 1 aliphatic rings. The topological polar surface area (TPSA) is 6.48 Å². The highest BCUT2D eigenvalue weighted by Crippen LogP contribution is 2.55. The Morgan fingerprint density at radius 2 is 0.635 bits per heavy atom. The Morgan fingerprint density at radius 3 is 0.923 bits per heavy atom. The van der Waals surface area contributed by atoms with Crippen molar-refractivity contribution in [2.24, 2.45) is 0 Å².